The number of halogens is 1. The van der Waals surface area contributed by atoms with E-state index in [4.69, 9.17) is 16.6 Å². The molecule has 2 aromatic rings. The molecule has 2 aliphatic rings. The van der Waals surface area contributed by atoms with Crippen molar-refractivity contribution in [2.75, 3.05) is 11.9 Å². The highest BCUT2D eigenvalue weighted by Gasteiger charge is 2.25. The van der Waals surface area contributed by atoms with Gasteiger partial charge in [0.1, 0.15) is 5.70 Å². The van der Waals surface area contributed by atoms with Crippen LogP contribution < -0.4 is 5.32 Å². The number of amidine groups is 1. The molecule has 0 aliphatic carbocycles. The van der Waals surface area contributed by atoms with E-state index in [0.717, 1.165) is 51.7 Å². The van der Waals surface area contributed by atoms with Gasteiger partial charge in [-0.15, -0.1) is 0 Å². The standard InChI is InChI=1S/C18H16ClN5/c1-3-11-6-13-15(9-21-11)23-18-16(10(2)7-22-18)24-17(13)12-4-5-20-8-14(12)19/h4-6,8-9H,3,7H2,1-2H3,(H,22,23). The number of fused-ring (bicyclic) bond motifs is 2. The minimum atomic E-state index is 0.577. The monoisotopic (exact) mass is 337 g/mol. The Hall–Kier alpha value is -2.53. The number of aromatic nitrogens is 2. The summed E-state index contributed by atoms with van der Waals surface area (Å²) in [4.78, 5) is 18.1. The zero-order valence-electron chi connectivity index (χ0n) is 13.5. The summed E-state index contributed by atoms with van der Waals surface area (Å²) in [6.07, 6.45) is 6.07. The van der Waals surface area contributed by atoms with Gasteiger partial charge in [-0.2, -0.15) is 0 Å². The molecule has 0 atom stereocenters. The Morgan fingerprint density at radius 3 is 2.92 bits per heavy atom. The van der Waals surface area contributed by atoms with Gasteiger partial charge in [0, 0.05) is 29.2 Å². The van der Waals surface area contributed by atoms with E-state index >= 15 is 0 Å². The Kier molecular flexibility index (Phi) is 3.65. The maximum absolute atomic E-state index is 6.40. The fourth-order valence-electron chi connectivity index (χ4n) is 2.86. The lowest BCUT2D eigenvalue weighted by Crippen LogP contribution is -2.12. The van der Waals surface area contributed by atoms with Crippen molar-refractivity contribution in [3.63, 3.8) is 0 Å². The Morgan fingerprint density at radius 1 is 1.25 bits per heavy atom. The van der Waals surface area contributed by atoms with E-state index in [1.807, 2.05) is 12.3 Å². The van der Waals surface area contributed by atoms with E-state index < -0.39 is 0 Å². The quantitative estimate of drug-likeness (QED) is 0.910. The molecule has 24 heavy (non-hydrogen) atoms. The summed E-state index contributed by atoms with van der Waals surface area (Å²) in [6.45, 7) is 4.80. The average molecular weight is 338 g/mol. The maximum Gasteiger partial charge on any atom is 0.152 e. The summed E-state index contributed by atoms with van der Waals surface area (Å²) in [7, 11) is 0. The Morgan fingerprint density at radius 2 is 2.12 bits per heavy atom. The zero-order chi connectivity index (χ0) is 16.7. The first-order valence-electron chi connectivity index (χ1n) is 7.87. The highest BCUT2D eigenvalue weighted by Crippen LogP contribution is 2.31. The molecule has 0 fully saturated rings. The molecule has 0 unspecified atom stereocenters. The zero-order valence-corrected chi connectivity index (χ0v) is 14.2. The van der Waals surface area contributed by atoms with Crippen molar-refractivity contribution >= 4 is 28.8 Å². The van der Waals surface area contributed by atoms with E-state index in [1.54, 1.807) is 12.4 Å². The van der Waals surface area contributed by atoms with Gasteiger partial charge in [-0.1, -0.05) is 18.5 Å². The van der Waals surface area contributed by atoms with Crippen LogP contribution in [0.15, 0.2) is 52.0 Å². The number of rotatable bonds is 2. The lowest BCUT2D eigenvalue weighted by molar-refractivity contribution is 1.03. The number of nitrogens with one attached hydrogen (secondary N) is 1. The maximum atomic E-state index is 6.40. The topological polar surface area (TPSA) is 62.5 Å². The summed E-state index contributed by atoms with van der Waals surface area (Å²) in [5, 5.41) is 3.96. The predicted molar refractivity (Wildman–Crippen MR) is 97.1 cm³/mol. The van der Waals surface area contributed by atoms with Gasteiger partial charge in [-0.25, -0.2) is 4.99 Å². The molecule has 120 valence electrons. The summed E-state index contributed by atoms with van der Waals surface area (Å²) >= 11 is 6.40. The molecule has 1 N–H and O–H groups in total. The summed E-state index contributed by atoms with van der Waals surface area (Å²) < 4.78 is 0. The van der Waals surface area contributed by atoms with Crippen molar-refractivity contribution in [2.45, 2.75) is 20.3 Å². The first-order chi connectivity index (χ1) is 11.7. The first kappa shape index (κ1) is 15.0. The first-order valence-corrected chi connectivity index (χ1v) is 8.24. The molecule has 0 spiro atoms. The van der Waals surface area contributed by atoms with Gasteiger partial charge in [0.25, 0.3) is 0 Å². The number of pyridine rings is 2. The van der Waals surface area contributed by atoms with Gasteiger partial charge >= 0.3 is 0 Å². The summed E-state index contributed by atoms with van der Waals surface area (Å²) in [5.41, 5.74) is 6.58. The van der Waals surface area contributed by atoms with E-state index in [2.05, 4.69) is 40.2 Å². The second kappa shape index (κ2) is 5.83. The van der Waals surface area contributed by atoms with Crippen LogP contribution in [0.4, 0.5) is 5.69 Å². The van der Waals surface area contributed by atoms with Crippen LogP contribution in [-0.4, -0.2) is 28.1 Å². The van der Waals surface area contributed by atoms with Crippen molar-refractivity contribution in [1.82, 2.24) is 9.97 Å². The van der Waals surface area contributed by atoms with E-state index in [9.17, 15) is 0 Å². The molecule has 0 saturated heterocycles. The number of aryl methyl sites for hydroxylation is 1. The third kappa shape index (κ3) is 2.41. The fourth-order valence-corrected chi connectivity index (χ4v) is 3.07. The number of hydrogen-bond acceptors (Lipinski definition) is 5. The molecular weight excluding hydrogens is 322 g/mol. The van der Waals surface area contributed by atoms with E-state index in [1.165, 1.54) is 0 Å². The minimum Gasteiger partial charge on any atom is -0.337 e. The van der Waals surface area contributed by atoms with Gasteiger partial charge in [0.05, 0.1) is 29.2 Å². The Balaban J connectivity index is 2.01. The predicted octanol–water partition coefficient (Wildman–Crippen LogP) is 3.64. The smallest absolute Gasteiger partial charge is 0.152 e. The van der Waals surface area contributed by atoms with Gasteiger partial charge in [0.2, 0.25) is 0 Å². The van der Waals surface area contributed by atoms with Crippen molar-refractivity contribution < 1.29 is 0 Å². The molecule has 0 radical (unpaired) electrons. The molecule has 2 aromatic heterocycles. The van der Waals surface area contributed by atoms with Crippen LogP contribution in [0.2, 0.25) is 5.02 Å². The highest BCUT2D eigenvalue weighted by molar-refractivity contribution is 6.36. The van der Waals surface area contributed by atoms with Gasteiger partial charge in [-0.05, 0) is 31.1 Å². The molecule has 2 aliphatic heterocycles. The van der Waals surface area contributed by atoms with Crippen molar-refractivity contribution in [2.24, 2.45) is 9.98 Å². The van der Waals surface area contributed by atoms with Crippen LogP contribution in [0, 0.1) is 0 Å². The van der Waals surface area contributed by atoms with Crippen LogP contribution in [0.3, 0.4) is 0 Å². The summed E-state index contributed by atoms with van der Waals surface area (Å²) in [5.74, 6) is 0.792. The third-order valence-corrected chi connectivity index (χ3v) is 4.49. The van der Waals surface area contributed by atoms with Crippen LogP contribution >= 0.6 is 11.6 Å². The fraction of sp³-hybridized carbons (Fsp3) is 0.222. The number of anilines is 1. The molecule has 0 aromatic carbocycles. The number of aliphatic imine (C=N–C) groups is 2. The number of nitrogens with zero attached hydrogens (tertiary/aromatic N) is 4. The van der Waals surface area contributed by atoms with E-state index in [0.29, 0.717) is 11.6 Å². The molecule has 4 heterocycles. The highest BCUT2D eigenvalue weighted by atomic mass is 35.5. The van der Waals surface area contributed by atoms with Crippen LogP contribution in [0.1, 0.15) is 30.7 Å². The van der Waals surface area contributed by atoms with Crippen LogP contribution in [0.5, 0.6) is 0 Å². The SMILES string of the molecule is CCc1cc2c(cn1)NC1=NCC(C)=C1N=C2c1ccncc1Cl. The molecule has 0 amide bonds. The molecule has 0 bridgehead atoms. The lowest BCUT2D eigenvalue weighted by Gasteiger charge is -2.12. The molecule has 6 heteroatoms. The van der Waals surface area contributed by atoms with Crippen LogP contribution in [0.25, 0.3) is 0 Å². The van der Waals surface area contributed by atoms with Gasteiger partial charge in [-0.3, -0.25) is 15.0 Å². The van der Waals surface area contributed by atoms with Gasteiger partial charge < -0.3 is 5.32 Å². The Labute approximate surface area is 145 Å². The molecular formula is C18H16ClN5. The minimum absolute atomic E-state index is 0.577. The molecule has 4 rings (SSSR count). The Bertz CT molecular complexity index is 927. The van der Waals surface area contributed by atoms with Crippen molar-refractivity contribution in [1.29, 1.82) is 0 Å². The lowest BCUT2D eigenvalue weighted by atomic mass is 10.0. The molecule has 0 saturated carbocycles. The van der Waals surface area contributed by atoms with Gasteiger partial charge in [0.15, 0.2) is 5.84 Å². The second-order valence-corrected chi connectivity index (χ2v) is 6.22. The van der Waals surface area contributed by atoms with E-state index in [-0.39, 0.29) is 0 Å². The molecule has 5 nitrogen and oxygen atoms in total. The van der Waals surface area contributed by atoms with Crippen molar-refractivity contribution in [3.05, 3.63) is 63.8 Å². The largest absolute Gasteiger partial charge is 0.337 e. The van der Waals surface area contributed by atoms with Crippen LogP contribution in [-0.2, 0) is 6.42 Å². The summed E-state index contributed by atoms with van der Waals surface area (Å²) in [6, 6.07) is 3.96. The number of hydrogen-bond donors (Lipinski definition) is 1. The average Bonchev–Trinajstić information content (AvgIpc) is 2.85. The van der Waals surface area contributed by atoms with Crippen molar-refractivity contribution in [3.8, 4) is 0 Å². The second-order valence-electron chi connectivity index (χ2n) is 5.81. The normalized spacial score (nSPS) is 16.0. The third-order valence-electron chi connectivity index (χ3n) is 4.19.